The minimum Gasteiger partial charge on any atom is -0.380 e. The van der Waals surface area contributed by atoms with Crippen molar-refractivity contribution in [2.45, 2.75) is 34.1 Å². The second-order valence-corrected chi connectivity index (χ2v) is 4.56. The summed E-state index contributed by atoms with van der Waals surface area (Å²) in [6.45, 7) is 16.0. The maximum atomic E-state index is 5.36. The van der Waals surface area contributed by atoms with E-state index in [-0.39, 0.29) is 0 Å². The molecule has 0 aromatic carbocycles. The van der Waals surface area contributed by atoms with Crippen molar-refractivity contribution >= 4 is 0 Å². The third-order valence-electron chi connectivity index (χ3n) is 2.71. The van der Waals surface area contributed by atoms with Gasteiger partial charge in [-0.25, -0.2) is 0 Å². The van der Waals surface area contributed by atoms with Crippen LogP contribution in [0.15, 0.2) is 0 Å². The van der Waals surface area contributed by atoms with Crippen molar-refractivity contribution in [2.24, 2.45) is 5.92 Å². The van der Waals surface area contributed by atoms with Gasteiger partial charge in [-0.1, -0.05) is 20.8 Å². The molecule has 98 valence electrons. The predicted octanol–water partition coefficient (Wildman–Crippen LogP) is 1.98. The molecule has 16 heavy (non-hydrogen) atoms. The molecule has 0 aliphatic carbocycles. The van der Waals surface area contributed by atoms with Crippen molar-refractivity contribution in [3.8, 4) is 0 Å². The normalized spacial score (nSPS) is 11.6. The monoisotopic (exact) mass is 230 g/mol. The molecule has 0 aliphatic heterocycles. The van der Waals surface area contributed by atoms with E-state index in [2.05, 4.69) is 31.0 Å². The van der Waals surface area contributed by atoms with Crippen LogP contribution in [-0.2, 0) is 4.74 Å². The fourth-order valence-corrected chi connectivity index (χ4v) is 1.52. The van der Waals surface area contributed by atoms with Crippen LogP contribution >= 0.6 is 0 Å². The van der Waals surface area contributed by atoms with E-state index in [0.717, 1.165) is 51.9 Å². The summed E-state index contributed by atoms with van der Waals surface area (Å²) in [5.41, 5.74) is 0. The fraction of sp³-hybridized carbons (Fsp3) is 1.00. The van der Waals surface area contributed by atoms with E-state index >= 15 is 0 Å². The van der Waals surface area contributed by atoms with E-state index < -0.39 is 0 Å². The Balaban J connectivity index is 3.33. The van der Waals surface area contributed by atoms with Crippen molar-refractivity contribution in [1.82, 2.24) is 10.2 Å². The van der Waals surface area contributed by atoms with Gasteiger partial charge in [0.15, 0.2) is 0 Å². The van der Waals surface area contributed by atoms with Gasteiger partial charge in [-0.15, -0.1) is 0 Å². The Morgan fingerprint density at radius 3 is 2.44 bits per heavy atom. The number of hydrogen-bond acceptors (Lipinski definition) is 3. The molecule has 3 nitrogen and oxygen atoms in total. The number of ether oxygens (including phenoxy) is 1. The third kappa shape index (κ3) is 10.4. The number of likely N-dealkylation sites (N-methyl/N-ethyl adjacent to an activating group) is 1. The highest BCUT2D eigenvalue weighted by molar-refractivity contribution is 4.58. The number of nitrogens with one attached hydrogen (secondary N) is 1. The Morgan fingerprint density at radius 2 is 1.88 bits per heavy atom. The average Bonchev–Trinajstić information content (AvgIpc) is 2.26. The highest BCUT2D eigenvalue weighted by Crippen LogP contribution is 1.96. The topological polar surface area (TPSA) is 24.5 Å². The van der Waals surface area contributed by atoms with Crippen LogP contribution in [0.25, 0.3) is 0 Å². The van der Waals surface area contributed by atoms with E-state index in [1.54, 1.807) is 0 Å². The molecule has 3 heteroatoms. The lowest BCUT2D eigenvalue weighted by Gasteiger charge is -2.20. The van der Waals surface area contributed by atoms with Crippen molar-refractivity contribution in [3.63, 3.8) is 0 Å². The van der Waals surface area contributed by atoms with Crippen molar-refractivity contribution in [3.05, 3.63) is 0 Å². The van der Waals surface area contributed by atoms with Crippen LogP contribution in [0.5, 0.6) is 0 Å². The Labute approximate surface area is 102 Å². The number of hydrogen-bond donors (Lipinski definition) is 1. The molecule has 0 radical (unpaired) electrons. The molecule has 0 heterocycles. The summed E-state index contributed by atoms with van der Waals surface area (Å²) in [4.78, 5) is 2.43. The summed E-state index contributed by atoms with van der Waals surface area (Å²) in [6, 6.07) is 0. The molecule has 0 aromatic rings. The van der Waals surface area contributed by atoms with Crippen molar-refractivity contribution in [1.29, 1.82) is 0 Å². The first-order valence-electron chi connectivity index (χ1n) is 6.71. The summed E-state index contributed by atoms with van der Waals surface area (Å²) in [5.74, 6) is 0.799. The van der Waals surface area contributed by atoms with Gasteiger partial charge in [-0.2, -0.15) is 0 Å². The van der Waals surface area contributed by atoms with Gasteiger partial charge in [0.2, 0.25) is 0 Å². The second-order valence-electron chi connectivity index (χ2n) is 4.56. The van der Waals surface area contributed by atoms with Crippen molar-refractivity contribution in [2.75, 3.05) is 45.9 Å². The standard InChI is InChI=1S/C13H30N2O/c1-5-15(11-12-16-6-2)10-9-14-8-7-13(3)4/h13-14H,5-12H2,1-4H3. The lowest BCUT2D eigenvalue weighted by molar-refractivity contribution is 0.115. The van der Waals surface area contributed by atoms with Gasteiger partial charge in [0.25, 0.3) is 0 Å². The van der Waals surface area contributed by atoms with Crippen LogP contribution in [0.2, 0.25) is 0 Å². The lowest BCUT2D eigenvalue weighted by atomic mass is 10.1. The van der Waals surface area contributed by atoms with Crippen LogP contribution in [0.3, 0.4) is 0 Å². The molecule has 0 rings (SSSR count). The highest BCUT2D eigenvalue weighted by atomic mass is 16.5. The van der Waals surface area contributed by atoms with E-state index in [4.69, 9.17) is 4.74 Å². The summed E-state index contributed by atoms with van der Waals surface area (Å²) >= 11 is 0. The molecule has 0 aliphatic rings. The van der Waals surface area contributed by atoms with Gasteiger partial charge in [0.05, 0.1) is 6.61 Å². The molecule has 0 unspecified atom stereocenters. The van der Waals surface area contributed by atoms with E-state index in [1.165, 1.54) is 6.42 Å². The van der Waals surface area contributed by atoms with E-state index in [9.17, 15) is 0 Å². The first kappa shape index (κ1) is 15.9. The van der Waals surface area contributed by atoms with Gasteiger partial charge >= 0.3 is 0 Å². The summed E-state index contributed by atoms with van der Waals surface area (Å²) in [7, 11) is 0. The summed E-state index contributed by atoms with van der Waals surface area (Å²) < 4.78 is 5.36. The van der Waals surface area contributed by atoms with Gasteiger partial charge in [0.1, 0.15) is 0 Å². The minimum atomic E-state index is 0.799. The summed E-state index contributed by atoms with van der Waals surface area (Å²) in [6.07, 6.45) is 1.27. The lowest BCUT2D eigenvalue weighted by Crippen LogP contribution is -2.34. The van der Waals surface area contributed by atoms with E-state index in [1.807, 2.05) is 6.92 Å². The SMILES string of the molecule is CCOCCN(CC)CCNCCC(C)C. The zero-order valence-electron chi connectivity index (χ0n) is 11.6. The van der Waals surface area contributed by atoms with Crippen LogP contribution in [-0.4, -0.2) is 50.8 Å². The quantitative estimate of drug-likeness (QED) is 0.549. The molecule has 0 aromatic heterocycles. The van der Waals surface area contributed by atoms with Crippen LogP contribution < -0.4 is 5.32 Å². The average molecular weight is 230 g/mol. The largest absolute Gasteiger partial charge is 0.380 e. The second kappa shape index (κ2) is 11.4. The minimum absolute atomic E-state index is 0.799. The first-order valence-corrected chi connectivity index (χ1v) is 6.71. The Morgan fingerprint density at radius 1 is 1.12 bits per heavy atom. The van der Waals surface area contributed by atoms with Crippen LogP contribution in [0.4, 0.5) is 0 Å². The molecular formula is C13H30N2O. The smallest absolute Gasteiger partial charge is 0.0593 e. The molecule has 0 saturated heterocycles. The maximum absolute atomic E-state index is 5.36. The molecule has 0 saturated carbocycles. The third-order valence-corrected chi connectivity index (χ3v) is 2.71. The number of nitrogens with zero attached hydrogens (tertiary/aromatic N) is 1. The zero-order chi connectivity index (χ0) is 12.2. The number of rotatable bonds is 11. The molecular weight excluding hydrogens is 200 g/mol. The molecule has 1 N–H and O–H groups in total. The maximum Gasteiger partial charge on any atom is 0.0593 e. The van der Waals surface area contributed by atoms with E-state index in [0.29, 0.717) is 0 Å². The molecule has 0 bridgehead atoms. The Kier molecular flexibility index (Phi) is 11.3. The zero-order valence-corrected chi connectivity index (χ0v) is 11.6. The molecule has 0 atom stereocenters. The fourth-order valence-electron chi connectivity index (χ4n) is 1.52. The highest BCUT2D eigenvalue weighted by Gasteiger charge is 2.01. The predicted molar refractivity (Wildman–Crippen MR) is 70.9 cm³/mol. The Bertz CT molecular complexity index is 140. The Hall–Kier alpha value is -0.120. The first-order chi connectivity index (χ1) is 7.70. The van der Waals surface area contributed by atoms with Crippen LogP contribution in [0, 0.1) is 5.92 Å². The summed E-state index contributed by atoms with van der Waals surface area (Å²) in [5, 5.41) is 3.49. The van der Waals surface area contributed by atoms with Gasteiger partial charge in [0, 0.05) is 26.2 Å². The molecule has 0 amide bonds. The van der Waals surface area contributed by atoms with Gasteiger partial charge < -0.3 is 15.0 Å². The van der Waals surface area contributed by atoms with Crippen molar-refractivity contribution < 1.29 is 4.74 Å². The van der Waals surface area contributed by atoms with Gasteiger partial charge in [-0.3, -0.25) is 0 Å². The molecule has 0 fully saturated rings. The van der Waals surface area contributed by atoms with Crippen LogP contribution in [0.1, 0.15) is 34.1 Å². The van der Waals surface area contributed by atoms with Gasteiger partial charge in [-0.05, 0) is 32.4 Å². The molecule has 0 spiro atoms.